The van der Waals surface area contributed by atoms with Gasteiger partial charge in [0.2, 0.25) is 5.91 Å². The van der Waals surface area contributed by atoms with E-state index in [4.69, 9.17) is 9.47 Å². The van der Waals surface area contributed by atoms with E-state index in [9.17, 15) is 30.3 Å². The zero-order valence-corrected chi connectivity index (χ0v) is 31.9. The van der Waals surface area contributed by atoms with E-state index < -0.39 is 49.5 Å². The molecule has 6 N–H and O–H groups in total. The first-order chi connectivity index (χ1) is 24.3. The quantitative estimate of drug-likeness (QED) is 0.0302. The van der Waals surface area contributed by atoms with Crippen molar-refractivity contribution in [2.75, 3.05) is 13.2 Å². The zero-order valence-electron chi connectivity index (χ0n) is 31.9. The fourth-order valence-electron chi connectivity index (χ4n) is 6.41. The second-order valence-corrected chi connectivity index (χ2v) is 14.4. The van der Waals surface area contributed by atoms with Crippen LogP contribution in [0.25, 0.3) is 0 Å². The fraction of sp³-hybridized carbons (Fsp3) is 0.878. The second kappa shape index (κ2) is 32.3. The van der Waals surface area contributed by atoms with Gasteiger partial charge in [-0.2, -0.15) is 0 Å². The van der Waals surface area contributed by atoms with Crippen molar-refractivity contribution in [3.8, 4) is 0 Å². The Hall–Kier alpha value is -1.33. The molecule has 9 heteroatoms. The lowest BCUT2D eigenvalue weighted by molar-refractivity contribution is -0.302. The second-order valence-electron chi connectivity index (χ2n) is 14.4. The molecule has 0 spiro atoms. The van der Waals surface area contributed by atoms with Crippen molar-refractivity contribution in [1.29, 1.82) is 0 Å². The number of aliphatic hydroxyl groups excluding tert-OH is 5. The van der Waals surface area contributed by atoms with E-state index in [1.165, 1.54) is 116 Å². The minimum absolute atomic E-state index is 0.190. The summed E-state index contributed by atoms with van der Waals surface area (Å²) in [5.74, 6) is -0.190. The molecular weight excluding hydrogens is 634 g/mol. The monoisotopic (exact) mass is 712 g/mol. The first-order valence-corrected chi connectivity index (χ1v) is 20.6. The topological polar surface area (TPSA) is 149 Å². The van der Waals surface area contributed by atoms with Crippen LogP contribution in [-0.2, 0) is 14.3 Å². The summed E-state index contributed by atoms with van der Waals surface area (Å²) in [4.78, 5) is 12.8. The molecule has 0 radical (unpaired) electrons. The Bertz CT molecular complexity index is 837. The summed E-state index contributed by atoms with van der Waals surface area (Å²) in [6.45, 7) is 3.72. The molecule has 50 heavy (non-hydrogen) atoms. The van der Waals surface area contributed by atoms with Gasteiger partial charge in [0.1, 0.15) is 24.4 Å². The van der Waals surface area contributed by atoms with Gasteiger partial charge in [-0.05, 0) is 32.1 Å². The predicted molar refractivity (Wildman–Crippen MR) is 203 cm³/mol. The van der Waals surface area contributed by atoms with Crippen LogP contribution in [0.2, 0.25) is 0 Å². The van der Waals surface area contributed by atoms with E-state index in [0.29, 0.717) is 6.42 Å². The van der Waals surface area contributed by atoms with Gasteiger partial charge in [0.15, 0.2) is 6.29 Å². The average molecular weight is 712 g/mol. The van der Waals surface area contributed by atoms with Crippen LogP contribution in [0, 0.1) is 0 Å². The van der Waals surface area contributed by atoms with Gasteiger partial charge in [-0.1, -0.05) is 160 Å². The lowest BCUT2D eigenvalue weighted by atomic mass is 9.99. The van der Waals surface area contributed by atoms with Crippen molar-refractivity contribution < 1.29 is 39.8 Å². The summed E-state index contributed by atoms with van der Waals surface area (Å²) in [5, 5.41) is 53.9. The summed E-state index contributed by atoms with van der Waals surface area (Å²) in [6, 6.07) is -0.814. The highest BCUT2D eigenvalue weighted by atomic mass is 16.7. The molecule has 1 rings (SSSR count). The van der Waals surface area contributed by atoms with Crippen molar-refractivity contribution in [2.45, 2.75) is 217 Å². The minimum Gasteiger partial charge on any atom is -0.394 e. The third kappa shape index (κ3) is 23.3. The number of nitrogens with one attached hydrogen (secondary N) is 1. The van der Waals surface area contributed by atoms with Gasteiger partial charge in [-0.3, -0.25) is 4.79 Å². The summed E-state index contributed by atoms with van der Waals surface area (Å²) < 4.78 is 11.1. The summed E-state index contributed by atoms with van der Waals surface area (Å²) in [6.07, 6.45) is 29.4. The van der Waals surface area contributed by atoms with Gasteiger partial charge in [-0.25, -0.2) is 0 Å². The molecule has 1 amide bonds. The highest BCUT2D eigenvalue weighted by Gasteiger charge is 2.44. The molecule has 0 aromatic carbocycles. The van der Waals surface area contributed by atoms with Gasteiger partial charge < -0.3 is 40.3 Å². The Morgan fingerprint density at radius 3 is 1.68 bits per heavy atom. The third-order valence-corrected chi connectivity index (χ3v) is 9.78. The Labute approximate surface area is 305 Å². The van der Waals surface area contributed by atoms with Gasteiger partial charge in [0.05, 0.1) is 25.4 Å². The van der Waals surface area contributed by atoms with Crippen LogP contribution in [0.5, 0.6) is 0 Å². The van der Waals surface area contributed by atoms with Crippen LogP contribution in [0.15, 0.2) is 24.3 Å². The molecule has 0 aromatic heterocycles. The highest BCUT2D eigenvalue weighted by molar-refractivity contribution is 5.76. The maximum atomic E-state index is 12.8. The van der Waals surface area contributed by atoms with Crippen LogP contribution < -0.4 is 5.32 Å². The maximum absolute atomic E-state index is 12.8. The molecule has 0 saturated carbocycles. The van der Waals surface area contributed by atoms with Crippen molar-refractivity contribution in [3.63, 3.8) is 0 Å². The number of rotatable bonds is 33. The van der Waals surface area contributed by atoms with E-state index >= 15 is 0 Å². The number of allylic oxidation sites excluding steroid dienone is 3. The number of aliphatic hydroxyl groups is 5. The lowest BCUT2D eigenvalue weighted by Gasteiger charge is -2.40. The van der Waals surface area contributed by atoms with Crippen LogP contribution in [0.1, 0.15) is 174 Å². The zero-order chi connectivity index (χ0) is 36.7. The molecule has 7 atom stereocenters. The number of amides is 1. The van der Waals surface area contributed by atoms with Gasteiger partial charge in [-0.15, -0.1) is 0 Å². The summed E-state index contributed by atoms with van der Waals surface area (Å²) in [7, 11) is 0. The van der Waals surface area contributed by atoms with Crippen LogP contribution in [0.3, 0.4) is 0 Å². The summed E-state index contributed by atoms with van der Waals surface area (Å²) in [5.41, 5.74) is 0. The standard InChI is InChI=1S/C41H77NO8/c1-3-5-7-9-11-13-15-16-17-18-19-20-21-22-24-26-28-30-35(44)34(33-49-41-40(48)39(47)38(46)36(32-43)50-41)42-37(45)31-29-27-25-23-14-12-10-8-6-4-2/h21-22,28,30,34-36,38-41,43-44,46-48H,3-20,23-27,29,31-33H2,1-2H3,(H,42,45)/b22-21+,30-28+. The SMILES string of the molecule is CCCCCCCCCCCCC/C=C/CC/C=C/C(O)C(COC1OC(CO)C(O)C(O)C1O)NC(=O)CCCCCCCCCCCC. The van der Waals surface area contributed by atoms with E-state index in [2.05, 4.69) is 31.3 Å². The molecule has 7 unspecified atom stereocenters. The van der Waals surface area contributed by atoms with Gasteiger partial charge >= 0.3 is 0 Å². The van der Waals surface area contributed by atoms with Crippen molar-refractivity contribution in [2.24, 2.45) is 0 Å². The predicted octanol–water partition coefficient (Wildman–Crippen LogP) is 7.55. The lowest BCUT2D eigenvalue weighted by Crippen LogP contribution is -2.60. The molecule has 294 valence electrons. The first kappa shape index (κ1) is 46.7. The largest absolute Gasteiger partial charge is 0.394 e. The normalized spacial score (nSPS) is 22.4. The van der Waals surface area contributed by atoms with Crippen molar-refractivity contribution in [3.05, 3.63) is 24.3 Å². The number of carbonyl (C=O) groups is 1. The van der Waals surface area contributed by atoms with Gasteiger partial charge in [0.25, 0.3) is 0 Å². The molecule has 9 nitrogen and oxygen atoms in total. The molecule has 1 fully saturated rings. The molecule has 0 bridgehead atoms. The Balaban J connectivity index is 2.44. The first-order valence-electron chi connectivity index (χ1n) is 20.6. The van der Waals surface area contributed by atoms with E-state index in [1.807, 2.05) is 6.08 Å². The highest BCUT2D eigenvalue weighted by Crippen LogP contribution is 2.22. The molecule has 1 heterocycles. The number of unbranched alkanes of at least 4 members (excludes halogenated alkanes) is 21. The van der Waals surface area contributed by atoms with E-state index in [-0.39, 0.29) is 12.5 Å². The molecule has 1 saturated heterocycles. The van der Waals surface area contributed by atoms with Crippen molar-refractivity contribution in [1.82, 2.24) is 5.32 Å². The van der Waals surface area contributed by atoms with E-state index in [0.717, 1.165) is 38.5 Å². The molecule has 1 aliphatic heterocycles. The van der Waals surface area contributed by atoms with Crippen LogP contribution in [0.4, 0.5) is 0 Å². The Morgan fingerprint density at radius 2 is 1.14 bits per heavy atom. The number of ether oxygens (including phenoxy) is 2. The van der Waals surface area contributed by atoms with Crippen molar-refractivity contribution >= 4 is 5.91 Å². The summed E-state index contributed by atoms with van der Waals surface area (Å²) >= 11 is 0. The maximum Gasteiger partial charge on any atom is 0.220 e. The molecular formula is C41H77NO8. The Kier molecular flexibility index (Phi) is 30.2. The molecule has 0 aliphatic carbocycles. The van der Waals surface area contributed by atoms with E-state index in [1.54, 1.807) is 6.08 Å². The van der Waals surface area contributed by atoms with Gasteiger partial charge in [0, 0.05) is 6.42 Å². The number of carbonyl (C=O) groups excluding carboxylic acids is 1. The molecule has 0 aromatic rings. The number of hydrogen-bond acceptors (Lipinski definition) is 8. The van der Waals surface area contributed by atoms with Crippen LogP contribution >= 0.6 is 0 Å². The average Bonchev–Trinajstić information content (AvgIpc) is 3.11. The molecule has 1 aliphatic rings. The number of hydrogen-bond donors (Lipinski definition) is 6. The fourth-order valence-corrected chi connectivity index (χ4v) is 6.41. The third-order valence-electron chi connectivity index (χ3n) is 9.78. The minimum atomic E-state index is -1.57. The smallest absolute Gasteiger partial charge is 0.220 e. The Morgan fingerprint density at radius 1 is 0.660 bits per heavy atom. The van der Waals surface area contributed by atoms with Crippen LogP contribution in [-0.4, -0.2) is 87.5 Å².